The Morgan fingerprint density at radius 3 is 2.71 bits per heavy atom. The van der Waals surface area contributed by atoms with Crippen LogP contribution in [0.3, 0.4) is 0 Å². The van der Waals surface area contributed by atoms with E-state index in [0.717, 1.165) is 17.7 Å². The molecule has 1 N–H and O–H groups in total. The summed E-state index contributed by atoms with van der Waals surface area (Å²) in [6.07, 6.45) is 1.69. The van der Waals surface area contributed by atoms with Crippen LogP contribution >= 0.6 is 11.8 Å². The number of hydrogen-bond acceptors (Lipinski definition) is 3. The molecule has 0 radical (unpaired) electrons. The van der Waals surface area contributed by atoms with Gasteiger partial charge < -0.3 is 10.0 Å². The van der Waals surface area contributed by atoms with E-state index in [9.17, 15) is 14.7 Å². The van der Waals surface area contributed by atoms with E-state index in [1.807, 2.05) is 37.3 Å². The number of carboxylic acids is 1. The molecular formula is C16H19NO3S. The molecule has 0 aliphatic carbocycles. The first-order chi connectivity index (χ1) is 10.1. The van der Waals surface area contributed by atoms with Gasteiger partial charge in [0.15, 0.2) is 5.54 Å². The molecule has 0 aromatic heterocycles. The van der Waals surface area contributed by atoms with Gasteiger partial charge in [0.1, 0.15) is 0 Å². The van der Waals surface area contributed by atoms with E-state index < -0.39 is 11.5 Å². The average molecular weight is 305 g/mol. The van der Waals surface area contributed by atoms with Crippen LogP contribution in [-0.2, 0) is 16.0 Å². The molecule has 112 valence electrons. The average Bonchev–Trinajstić information content (AvgIpc) is 2.70. The maximum absolute atomic E-state index is 12.1. The molecule has 0 bridgehead atoms. The van der Waals surface area contributed by atoms with Crippen molar-refractivity contribution in [3.63, 3.8) is 0 Å². The standard InChI is InChI=1S/C16H19NO3S/c1-2-21-13-8-12-9-14(18)17(12)16(13,15(19)20)10-11-6-4-3-5-7-11/h3-7,12-13H,2,8-10H2,1H3,(H,19,20). The molecule has 2 fully saturated rings. The van der Waals surface area contributed by atoms with Crippen molar-refractivity contribution >= 4 is 23.6 Å². The fourth-order valence-electron chi connectivity index (χ4n) is 3.65. The van der Waals surface area contributed by atoms with Crippen molar-refractivity contribution in [2.24, 2.45) is 0 Å². The van der Waals surface area contributed by atoms with Gasteiger partial charge in [0, 0.05) is 24.1 Å². The number of fused-ring (bicyclic) bond motifs is 1. The zero-order valence-corrected chi connectivity index (χ0v) is 12.8. The fourth-order valence-corrected chi connectivity index (χ4v) is 4.98. The van der Waals surface area contributed by atoms with Gasteiger partial charge in [0.2, 0.25) is 5.91 Å². The molecule has 1 amide bonds. The van der Waals surface area contributed by atoms with Crippen LogP contribution in [0.5, 0.6) is 0 Å². The summed E-state index contributed by atoms with van der Waals surface area (Å²) in [6.45, 7) is 2.04. The second kappa shape index (κ2) is 5.37. The van der Waals surface area contributed by atoms with Crippen molar-refractivity contribution in [2.45, 2.75) is 43.0 Å². The second-order valence-corrected chi connectivity index (χ2v) is 7.17. The maximum atomic E-state index is 12.1. The molecule has 5 heteroatoms. The normalized spacial score (nSPS) is 30.9. The zero-order valence-electron chi connectivity index (χ0n) is 12.0. The van der Waals surface area contributed by atoms with Crippen LogP contribution in [0, 0.1) is 0 Å². The molecule has 2 aliphatic heterocycles. The molecular weight excluding hydrogens is 286 g/mol. The monoisotopic (exact) mass is 305 g/mol. The minimum atomic E-state index is -1.08. The number of carbonyl (C=O) groups is 2. The molecule has 3 atom stereocenters. The van der Waals surface area contributed by atoms with E-state index >= 15 is 0 Å². The molecule has 3 rings (SSSR count). The summed E-state index contributed by atoms with van der Waals surface area (Å²) in [5.41, 5.74) is -0.107. The quantitative estimate of drug-likeness (QED) is 0.847. The largest absolute Gasteiger partial charge is 0.479 e. The predicted octanol–water partition coefficient (Wildman–Crippen LogP) is 2.18. The van der Waals surface area contributed by atoms with Crippen LogP contribution in [0.4, 0.5) is 0 Å². The van der Waals surface area contributed by atoms with Crippen molar-refractivity contribution in [1.82, 2.24) is 4.90 Å². The van der Waals surface area contributed by atoms with E-state index in [-0.39, 0.29) is 17.2 Å². The molecule has 3 unspecified atom stereocenters. The Kier molecular flexibility index (Phi) is 3.69. The lowest BCUT2D eigenvalue weighted by Gasteiger charge is -2.45. The number of amides is 1. The summed E-state index contributed by atoms with van der Waals surface area (Å²) in [5.74, 6) is -0.0196. The van der Waals surface area contributed by atoms with Gasteiger partial charge in [-0.1, -0.05) is 37.3 Å². The Bertz CT molecular complexity index is 562. The number of benzene rings is 1. The molecule has 2 heterocycles. The zero-order chi connectivity index (χ0) is 15.0. The lowest BCUT2D eigenvalue weighted by atomic mass is 9.87. The highest BCUT2D eigenvalue weighted by Gasteiger charge is 2.64. The third-order valence-electron chi connectivity index (χ3n) is 4.55. The summed E-state index contributed by atoms with van der Waals surface area (Å²) >= 11 is 1.67. The smallest absolute Gasteiger partial charge is 0.331 e. The highest BCUT2D eigenvalue weighted by atomic mass is 32.2. The van der Waals surface area contributed by atoms with Crippen LogP contribution in [-0.4, -0.2) is 44.5 Å². The van der Waals surface area contributed by atoms with Crippen molar-refractivity contribution < 1.29 is 14.7 Å². The number of nitrogens with zero attached hydrogens (tertiary/aromatic N) is 1. The van der Waals surface area contributed by atoms with Gasteiger partial charge in [-0.25, -0.2) is 4.79 Å². The van der Waals surface area contributed by atoms with Gasteiger partial charge in [-0.3, -0.25) is 4.79 Å². The van der Waals surface area contributed by atoms with Crippen LogP contribution in [0.2, 0.25) is 0 Å². The molecule has 4 nitrogen and oxygen atoms in total. The molecule has 0 spiro atoms. The van der Waals surface area contributed by atoms with Gasteiger partial charge in [-0.2, -0.15) is 11.8 Å². The molecule has 2 aliphatic rings. The second-order valence-electron chi connectivity index (χ2n) is 5.69. The lowest BCUT2D eigenvalue weighted by molar-refractivity contribution is -0.165. The number of β-lactam (4-membered cyclic amide) rings is 1. The predicted molar refractivity (Wildman–Crippen MR) is 82.3 cm³/mol. The topological polar surface area (TPSA) is 57.6 Å². The Hall–Kier alpha value is -1.49. The van der Waals surface area contributed by atoms with Gasteiger partial charge in [-0.05, 0) is 17.7 Å². The lowest BCUT2D eigenvalue weighted by Crippen LogP contribution is -2.65. The maximum Gasteiger partial charge on any atom is 0.331 e. The molecule has 1 aromatic carbocycles. The first kappa shape index (κ1) is 14.4. The van der Waals surface area contributed by atoms with Crippen molar-refractivity contribution in [1.29, 1.82) is 0 Å². The molecule has 0 saturated carbocycles. The van der Waals surface area contributed by atoms with E-state index in [0.29, 0.717) is 12.8 Å². The van der Waals surface area contributed by atoms with E-state index in [4.69, 9.17) is 0 Å². The minimum Gasteiger partial charge on any atom is -0.479 e. The number of hydrogen-bond donors (Lipinski definition) is 1. The number of aliphatic carboxylic acids is 1. The Morgan fingerprint density at radius 2 is 2.14 bits per heavy atom. The first-order valence-electron chi connectivity index (χ1n) is 7.30. The first-order valence-corrected chi connectivity index (χ1v) is 8.35. The summed E-state index contributed by atoms with van der Waals surface area (Å²) in [5, 5.41) is 9.92. The number of carboxylic acid groups (broad SMARTS) is 1. The van der Waals surface area contributed by atoms with Crippen molar-refractivity contribution in [3.05, 3.63) is 35.9 Å². The number of rotatable bonds is 5. The fraction of sp³-hybridized carbons (Fsp3) is 0.500. The van der Waals surface area contributed by atoms with Crippen LogP contribution in [0.25, 0.3) is 0 Å². The summed E-state index contributed by atoms with van der Waals surface area (Å²) in [7, 11) is 0. The molecule has 21 heavy (non-hydrogen) atoms. The summed E-state index contributed by atoms with van der Waals surface area (Å²) < 4.78 is 0. The van der Waals surface area contributed by atoms with E-state index in [2.05, 4.69) is 0 Å². The van der Waals surface area contributed by atoms with Gasteiger partial charge in [-0.15, -0.1) is 0 Å². The van der Waals surface area contributed by atoms with E-state index in [1.165, 1.54) is 0 Å². The SMILES string of the molecule is CCSC1CC2CC(=O)N2C1(Cc1ccccc1)C(=O)O. The van der Waals surface area contributed by atoms with Crippen molar-refractivity contribution in [2.75, 3.05) is 5.75 Å². The number of carbonyl (C=O) groups excluding carboxylic acids is 1. The van der Waals surface area contributed by atoms with Gasteiger partial charge >= 0.3 is 5.97 Å². The highest BCUT2D eigenvalue weighted by Crippen LogP contribution is 2.49. The Balaban J connectivity index is 2.00. The van der Waals surface area contributed by atoms with Crippen LogP contribution < -0.4 is 0 Å². The Morgan fingerprint density at radius 1 is 1.43 bits per heavy atom. The van der Waals surface area contributed by atoms with Gasteiger partial charge in [0.05, 0.1) is 0 Å². The third-order valence-corrected chi connectivity index (χ3v) is 5.87. The summed E-state index contributed by atoms with van der Waals surface area (Å²) in [6, 6.07) is 9.74. The van der Waals surface area contributed by atoms with Crippen molar-refractivity contribution in [3.8, 4) is 0 Å². The van der Waals surface area contributed by atoms with Crippen LogP contribution in [0.15, 0.2) is 30.3 Å². The Labute approximate surface area is 128 Å². The van der Waals surface area contributed by atoms with Gasteiger partial charge in [0.25, 0.3) is 0 Å². The number of thioether (sulfide) groups is 1. The van der Waals surface area contributed by atoms with Crippen LogP contribution in [0.1, 0.15) is 25.3 Å². The summed E-state index contributed by atoms with van der Waals surface area (Å²) in [4.78, 5) is 25.8. The third kappa shape index (κ3) is 2.14. The molecule has 1 aromatic rings. The van der Waals surface area contributed by atoms with E-state index in [1.54, 1.807) is 16.7 Å². The highest BCUT2D eigenvalue weighted by molar-refractivity contribution is 8.00. The molecule has 2 saturated heterocycles. The minimum absolute atomic E-state index is 0.0162.